The molecule has 1 saturated heterocycles. The summed E-state index contributed by atoms with van der Waals surface area (Å²) in [5.41, 5.74) is 0. The summed E-state index contributed by atoms with van der Waals surface area (Å²) in [4.78, 5) is 19.0. The summed E-state index contributed by atoms with van der Waals surface area (Å²) in [7, 11) is 0. The molecule has 112 valence electrons. The molecule has 0 atom stereocenters. The highest BCUT2D eigenvalue weighted by molar-refractivity contribution is 7.15. The Morgan fingerprint density at radius 1 is 1.55 bits per heavy atom. The molecule has 1 aliphatic rings. The van der Waals surface area contributed by atoms with E-state index in [4.69, 9.17) is 9.47 Å². The van der Waals surface area contributed by atoms with Crippen LogP contribution in [0.3, 0.4) is 0 Å². The van der Waals surface area contributed by atoms with Crippen LogP contribution in [-0.4, -0.2) is 50.4 Å². The van der Waals surface area contributed by atoms with Crippen LogP contribution in [0.15, 0.2) is 6.20 Å². The van der Waals surface area contributed by atoms with Crippen LogP contribution in [0.2, 0.25) is 0 Å². The Kier molecular flexibility index (Phi) is 6.23. The average Bonchev–Trinajstić information content (AvgIpc) is 2.94. The Balaban J connectivity index is 1.68. The number of hydrogen-bond acceptors (Lipinski definition) is 7. The molecule has 1 aromatic rings. The van der Waals surface area contributed by atoms with Gasteiger partial charge in [0, 0.05) is 37.3 Å². The van der Waals surface area contributed by atoms with Gasteiger partial charge in [0.15, 0.2) is 5.13 Å². The van der Waals surface area contributed by atoms with Gasteiger partial charge in [-0.3, -0.25) is 4.79 Å². The Bertz CT molecular complexity index is 419. The first-order valence-electron chi connectivity index (χ1n) is 6.93. The lowest BCUT2D eigenvalue weighted by atomic mass is 10.4. The minimum Gasteiger partial charge on any atom is -0.466 e. The Morgan fingerprint density at radius 2 is 2.35 bits per heavy atom. The Morgan fingerprint density at radius 3 is 3.10 bits per heavy atom. The molecule has 1 N–H and O–H groups in total. The minimum absolute atomic E-state index is 0.154. The SMILES string of the molecule is CCOC(=O)CCNCc1cnc(N2CCOCC2)s1. The number of nitrogens with zero attached hydrogens (tertiary/aromatic N) is 2. The van der Waals surface area contributed by atoms with Crippen molar-refractivity contribution in [3.05, 3.63) is 11.1 Å². The van der Waals surface area contributed by atoms with E-state index in [9.17, 15) is 4.79 Å². The van der Waals surface area contributed by atoms with Crippen LogP contribution in [-0.2, 0) is 20.8 Å². The number of rotatable bonds is 7. The quantitative estimate of drug-likeness (QED) is 0.599. The maximum Gasteiger partial charge on any atom is 0.307 e. The second-order valence-electron chi connectivity index (χ2n) is 4.44. The highest BCUT2D eigenvalue weighted by Gasteiger charge is 2.14. The summed E-state index contributed by atoms with van der Waals surface area (Å²) in [6.07, 6.45) is 2.30. The van der Waals surface area contributed by atoms with Crippen LogP contribution in [0.25, 0.3) is 0 Å². The van der Waals surface area contributed by atoms with Crippen molar-refractivity contribution in [2.75, 3.05) is 44.4 Å². The number of aromatic nitrogens is 1. The highest BCUT2D eigenvalue weighted by atomic mass is 32.1. The molecule has 0 bridgehead atoms. The molecule has 7 heteroatoms. The average molecular weight is 299 g/mol. The molecule has 2 heterocycles. The van der Waals surface area contributed by atoms with Gasteiger partial charge in [-0.1, -0.05) is 0 Å². The molecule has 20 heavy (non-hydrogen) atoms. The molecular weight excluding hydrogens is 278 g/mol. The van der Waals surface area contributed by atoms with Gasteiger partial charge in [0.05, 0.1) is 26.2 Å². The third-order valence-electron chi connectivity index (χ3n) is 2.93. The number of ether oxygens (including phenoxy) is 2. The zero-order chi connectivity index (χ0) is 14.2. The monoisotopic (exact) mass is 299 g/mol. The van der Waals surface area contributed by atoms with E-state index < -0.39 is 0 Å². The van der Waals surface area contributed by atoms with Crippen molar-refractivity contribution in [2.24, 2.45) is 0 Å². The van der Waals surface area contributed by atoms with E-state index in [0.717, 1.165) is 38.0 Å². The van der Waals surface area contributed by atoms with E-state index in [1.54, 1.807) is 11.3 Å². The summed E-state index contributed by atoms with van der Waals surface area (Å²) in [6, 6.07) is 0. The Labute approximate surface area is 123 Å². The molecular formula is C13H21N3O3S. The normalized spacial score (nSPS) is 15.3. The zero-order valence-electron chi connectivity index (χ0n) is 11.8. The summed E-state index contributed by atoms with van der Waals surface area (Å²) in [5.74, 6) is -0.154. The standard InChI is InChI=1S/C13H21N3O3S/c1-2-19-12(17)3-4-14-9-11-10-15-13(20-11)16-5-7-18-8-6-16/h10,14H,2-9H2,1H3. The molecule has 0 unspecified atom stereocenters. The van der Waals surface area contributed by atoms with Gasteiger partial charge in [0.25, 0.3) is 0 Å². The van der Waals surface area contributed by atoms with Crippen LogP contribution in [0, 0.1) is 0 Å². The van der Waals surface area contributed by atoms with Crippen molar-refractivity contribution in [2.45, 2.75) is 19.9 Å². The fourth-order valence-corrected chi connectivity index (χ4v) is 2.85. The van der Waals surface area contributed by atoms with Crippen LogP contribution < -0.4 is 10.2 Å². The third kappa shape index (κ3) is 4.73. The number of anilines is 1. The van der Waals surface area contributed by atoms with Crippen LogP contribution in [0.5, 0.6) is 0 Å². The van der Waals surface area contributed by atoms with Crippen molar-refractivity contribution in [1.82, 2.24) is 10.3 Å². The van der Waals surface area contributed by atoms with Crippen molar-refractivity contribution < 1.29 is 14.3 Å². The van der Waals surface area contributed by atoms with Crippen molar-refractivity contribution >= 4 is 22.4 Å². The third-order valence-corrected chi connectivity index (χ3v) is 3.99. The topological polar surface area (TPSA) is 63.7 Å². The van der Waals surface area contributed by atoms with Gasteiger partial charge in [-0.05, 0) is 6.92 Å². The maximum atomic E-state index is 11.2. The maximum absolute atomic E-state index is 11.2. The van der Waals surface area contributed by atoms with E-state index >= 15 is 0 Å². The van der Waals surface area contributed by atoms with Gasteiger partial charge in [0.2, 0.25) is 0 Å². The number of esters is 1. The predicted octanol–water partition coefficient (Wildman–Crippen LogP) is 1.02. The van der Waals surface area contributed by atoms with E-state index in [1.807, 2.05) is 13.1 Å². The smallest absolute Gasteiger partial charge is 0.307 e. The molecule has 0 radical (unpaired) electrons. The highest BCUT2D eigenvalue weighted by Crippen LogP contribution is 2.23. The fraction of sp³-hybridized carbons (Fsp3) is 0.692. The van der Waals surface area contributed by atoms with E-state index in [1.165, 1.54) is 4.88 Å². The number of carbonyl (C=O) groups is 1. The Hall–Kier alpha value is -1.18. The fourth-order valence-electron chi connectivity index (χ4n) is 1.91. The van der Waals surface area contributed by atoms with E-state index in [-0.39, 0.29) is 5.97 Å². The molecule has 0 saturated carbocycles. The number of nitrogens with one attached hydrogen (secondary N) is 1. The second kappa shape index (κ2) is 8.18. The summed E-state index contributed by atoms with van der Waals surface area (Å²) >= 11 is 1.69. The van der Waals surface area contributed by atoms with Crippen molar-refractivity contribution in [3.63, 3.8) is 0 Å². The molecule has 0 amide bonds. The molecule has 1 aliphatic heterocycles. The number of morpholine rings is 1. The first kappa shape index (κ1) is 15.2. The predicted molar refractivity (Wildman–Crippen MR) is 78.1 cm³/mol. The summed E-state index contributed by atoms with van der Waals surface area (Å²) in [5, 5.41) is 4.29. The first-order valence-corrected chi connectivity index (χ1v) is 7.75. The lowest BCUT2D eigenvalue weighted by Crippen LogP contribution is -2.36. The number of hydrogen-bond donors (Lipinski definition) is 1. The number of carbonyl (C=O) groups excluding carboxylic acids is 1. The van der Waals surface area contributed by atoms with Crippen molar-refractivity contribution in [1.29, 1.82) is 0 Å². The van der Waals surface area contributed by atoms with Crippen LogP contribution in [0.1, 0.15) is 18.2 Å². The molecule has 6 nitrogen and oxygen atoms in total. The largest absolute Gasteiger partial charge is 0.466 e. The number of thiazole rings is 1. The summed E-state index contributed by atoms with van der Waals surface area (Å²) < 4.78 is 10.2. The van der Waals surface area contributed by atoms with E-state index in [0.29, 0.717) is 19.6 Å². The zero-order valence-corrected chi connectivity index (χ0v) is 12.6. The molecule has 2 rings (SSSR count). The van der Waals surface area contributed by atoms with Gasteiger partial charge in [-0.2, -0.15) is 0 Å². The molecule has 0 spiro atoms. The summed E-state index contributed by atoms with van der Waals surface area (Å²) in [6.45, 7) is 6.98. The second-order valence-corrected chi connectivity index (χ2v) is 5.53. The van der Waals surface area contributed by atoms with Gasteiger partial charge in [-0.25, -0.2) is 4.98 Å². The molecule has 1 aromatic heterocycles. The van der Waals surface area contributed by atoms with Crippen LogP contribution >= 0.6 is 11.3 Å². The molecule has 1 fully saturated rings. The van der Waals surface area contributed by atoms with E-state index in [2.05, 4.69) is 15.2 Å². The lowest BCUT2D eigenvalue weighted by Gasteiger charge is -2.25. The van der Waals surface area contributed by atoms with Gasteiger partial charge < -0.3 is 19.7 Å². The van der Waals surface area contributed by atoms with Gasteiger partial charge >= 0.3 is 5.97 Å². The first-order chi connectivity index (χ1) is 9.79. The van der Waals surface area contributed by atoms with Crippen LogP contribution in [0.4, 0.5) is 5.13 Å². The minimum atomic E-state index is -0.154. The molecule has 0 aromatic carbocycles. The van der Waals surface area contributed by atoms with Gasteiger partial charge in [-0.15, -0.1) is 11.3 Å². The molecule has 0 aliphatic carbocycles. The van der Waals surface area contributed by atoms with Gasteiger partial charge in [0.1, 0.15) is 0 Å². The lowest BCUT2D eigenvalue weighted by molar-refractivity contribution is -0.142. The van der Waals surface area contributed by atoms with Crippen molar-refractivity contribution in [3.8, 4) is 0 Å².